The lowest BCUT2D eigenvalue weighted by Crippen LogP contribution is -2.45. The second-order valence-corrected chi connectivity index (χ2v) is 7.17. The number of pyridine rings is 1. The molecule has 0 fully saturated rings. The summed E-state index contributed by atoms with van der Waals surface area (Å²) >= 11 is 3.29. The van der Waals surface area contributed by atoms with Crippen LogP contribution in [0.1, 0.15) is 51.4 Å². The molecule has 0 aliphatic heterocycles. The quantitative estimate of drug-likeness (QED) is 0.863. The SMILES string of the molecule is CC(C)(C)CC(C)(C)NC(=O)c1cccnc1Br. The Kier molecular flexibility index (Phi) is 4.54. The molecular weight excluding hydrogens is 292 g/mol. The Labute approximate surface area is 118 Å². The van der Waals surface area contributed by atoms with E-state index in [9.17, 15) is 4.79 Å². The third-order valence-corrected chi connectivity index (χ3v) is 3.06. The van der Waals surface area contributed by atoms with Gasteiger partial charge in [-0.05, 0) is 53.7 Å². The fourth-order valence-corrected chi connectivity index (χ4v) is 2.73. The molecule has 0 spiro atoms. The average Bonchev–Trinajstić information content (AvgIpc) is 2.12. The highest BCUT2D eigenvalue weighted by Gasteiger charge is 2.27. The first-order chi connectivity index (χ1) is 8.11. The molecule has 1 amide bonds. The summed E-state index contributed by atoms with van der Waals surface area (Å²) in [7, 11) is 0. The molecule has 1 aromatic heterocycles. The molecule has 100 valence electrons. The van der Waals surface area contributed by atoms with Crippen LogP contribution in [-0.4, -0.2) is 16.4 Å². The number of aromatic nitrogens is 1. The molecule has 0 aromatic carbocycles. The van der Waals surface area contributed by atoms with Crippen LogP contribution in [0.2, 0.25) is 0 Å². The number of hydrogen-bond donors (Lipinski definition) is 1. The highest BCUT2D eigenvalue weighted by molar-refractivity contribution is 9.10. The van der Waals surface area contributed by atoms with Crippen molar-refractivity contribution in [1.82, 2.24) is 10.3 Å². The smallest absolute Gasteiger partial charge is 0.254 e. The van der Waals surface area contributed by atoms with E-state index in [4.69, 9.17) is 0 Å². The Balaban J connectivity index is 2.79. The molecule has 3 nitrogen and oxygen atoms in total. The molecule has 18 heavy (non-hydrogen) atoms. The van der Waals surface area contributed by atoms with Crippen molar-refractivity contribution in [2.45, 2.75) is 46.6 Å². The van der Waals surface area contributed by atoms with Crippen molar-refractivity contribution in [1.29, 1.82) is 0 Å². The zero-order valence-electron chi connectivity index (χ0n) is 11.7. The molecule has 1 rings (SSSR count). The van der Waals surface area contributed by atoms with Crippen molar-refractivity contribution in [2.75, 3.05) is 0 Å². The molecule has 1 aromatic rings. The Bertz CT molecular complexity index is 436. The molecule has 0 aliphatic carbocycles. The number of carbonyl (C=O) groups excluding carboxylic acids is 1. The van der Waals surface area contributed by atoms with E-state index in [-0.39, 0.29) is 16.9 Å². The Morgan fingerprint density at radius 2 is 1.94 bits per heavy atom. The topological polar surface area (TPSA) is 42.0 Å². The van der Waals surface area contributed by atoms with Crippen molar-refractivity contribution in [3.05, 3.63) is 28.5 Å². The summed E-state index contributed by atoms with van der Waals surface area (Å²) < 4.78 is 0.578. The van der Waals surface area contributed by atoms with Crippen molar-refractivity contribution in [2.24, 2.45) is 5.41 Å². The zero-order valence-corrected chi connectivity index (χ0v) is 13.3. The predicted molar refractivity (Wildman–Crippen MR) is 77.6 cm³/mol. The molecule has 4 heteroatoms. The number of halogens is 1. The van der Waals surface area contributed by atoms with Gasteiger partial charge in [0.2, 0.25) is 0 Å². The van der Waals surface area contributed by atoms with Crippen LogP contribution in [0.3, 0.4) is 0 Å². The summed E-state index contributed by atoms with van der Waals surface area (Å²) in [6.07, 6.45) is 2.56. The Morgan fingerprint density at radius 1 is 1.33 bits per heavy atom. The standard InChI is InChI=1S/C14H21BrN2O/c1-13(2,3)9-14(4,5)17-12(18)10-7-6-8-16-11(10)15/h6-8H,9H2,1-5H3,(H,17,18). The van der Waals surface area contributed by atoms with Gasteiger partial charge in [-0.3, -0.25) is 4.79 Å². The first kappa shape index (κ1) is 15.2. The molecule has 1 N–H and O–H groups in total. The van der Waals surface area contributed by atoms with Gasteiger partial charge in [-0.15, -0.1) is 0 Å². The minimum Gasteiger partial charge on any atom is -0.347 e. The number of nitrogens with one attached hydrogen (secondary N) is 1. The van der Waals surface area contributed by atoms with Crippen molar-refractivity contribution in [3.8, 4) is 0 Å². The maximum absolute atomic E-state index is 12.2. The van der Waals surface area contributed by atoms with E-state index in [2.05, 4.69) is 47.0 Å². The van der Waals surface area contributed by atoms with Crippen LogP contribution < -0.4 is 5.32 Å². The maximum Gasteiger partial charge on any atom is 0.254 e. The predicted octanol–water partition coefficient (Wildman–Crippen LogP) is 3.79. The highest BCUT2D eigenvalue weighted by Crippen LogP contribution is 2.27. The summed E-state index contributed by atoms with van der Waals surface area (Å²) in [5.41, 5.74) is 0.493. The first-order valence-corrected chi connectivity index (χ1v) is 6.83. The number of carbonyl (C=O) groups is 1. The number of nitrogens with zero attached hydrogens (tertiary/aromatic N) is 1. The van der Waals surface area contributed by atoms with Gasteiger partial charge in [-0.2, -0.15) is 0 Å². The normalized spacial score (nSPS) is 12.3. The number of amides is 1. The van der Waals surface area contributed by atoms with Crippen LogP contribution in [-0.2, 0) is 0 Å². The van der Waals surface area contributed by atoms with Gasteiger partial charge in [-0.1, -0.05) is 20.8 Å². The number of hydrogen-bond acceptors (Lipinski definition) is 2. The second kappa shape index (κ2) is 5.39. The van der Waals surface area contributed by atoms with Crippen LogP contribution in [0.4, 0.5) is 0 Å². The van der Waals surface area contributed by atoms with Crippen LogP contribution >= 0.6 is 15.9 Å². The lowest BCUT2D eigenvalue weighted by atomic mass is 9.81. The van der Waals surface area contributed by atoms with Crippen LogP contribution in [0.5, 0.6) is 0 Å². The van der Waals surface area contributed by atoms with E-state index in [0.717, 1.165) is 6.42 Å². The monoisotopic (exact) mass is 312 g/mol. The van der Waals surface area contributed by atoms with Gasteiger partial charge in [0.25, 0.3) is 5.91 Å². The molecule has 0 radical (unpaired) electrons. The third kappa shape index (κ3) is 4.77. The molecule has 0 saturated heterocycles. The van der Waals surface area contributed by atoms with Gasteiger partial charge in [0.05, 0.1) is 5.56 Å². The summed E-state index contributed by atoms with van der Waals surface area (Å²) in [4.78, 5) is 16.2. The van der Waals surface area contributed by atoms with E-state index < -0.39 is 0 Å². The van der Waals surface area contributed by atoms with Crippen LogP contribution in [0.25, 0.3) is 0 Å². The Morgan fingerprint density at radius 3 is 2.44 bits per heavy atom. The van der Waals surface area contributed by atoms with Gasteiger partial charge in [0, 0.05) is 11.7 Å². The molecule has 0 atom stereocenters. The van der Waals surface area contributed by atoms with E-state index in [1.807, 2.05) is 13.8 Å². The lowest BCUT2D eigenvalue weighted by molar-refractivity contribution is 0.0890. The summed E-state index contributed by atoms with van der Waals surface area (Å²) in [6, 6.07) is 3.52. The molecule has 1 heterocycles. The first-order valence-electron chi connectivity index (χ1n) is 6.04. The third-order valence-electron chi connectivity index (χ3n) is 2.43. The fraction of sp³-hybridized carbons (Fsp3) is 0.571. The van der Waals surface area contributed by atoms with E-state index in [1.54, 1.807) is 18.3 Å². The molecular formula is C14H21BrN2O. The van der Waals surface area contributed by atoms with Gasteiger partial charge in [0.15, 0.2) is 0 Å². The molecule has 0 aliphatic rings. The van der Waals surface area contributed by atoms with Gasteiger partial charge in [0.1, 0.15) is 4.60 Å². The fourth-order valence-electron chi connectivity index (χ4n) is 2.30. The minimum absolute atomic E-state index is 0.0933. The zero-order chi connectivity index (χ0) is 14.0. The highest BCUT2D eigenvalue weighted by atomic mass is 79.9. The van der Waals surface area contributed by atoms with Crippen molar-refractivity contribution in [3.63, 3.8) is 0 Å². The van der Waals surface area contributed by atoms with E-state index >= 15 is 0 Å². The van der Waals surface area contributed by atoms with E-state index in [0.29, 0.717) is 10.2 Å². The van der Waals surface area contributed by atoms with E-state index in [1.165, 1.54) is 0 Å². The molecule has 0 unspecified atom stereocenters. The average molecular weight is 313 g/mol. The summed E-state index contributed by atoms with van der Waals surface area (Å²) in [6.45, 7) is 10.6. The molecule has 0 bridgehead atoms. The summed E-state index contributed by atoms with van der Waals surface area (Å²) in [5.74, 6) is -0.0933. The van der Waals surface area contributed by atoms with Crippen molar-refractivity contribution < 1.29 is 4.79 Å². The van der Waals surface area contributed by atoms with Gasteiger partial charge >= 0.3 is 0 Å². The minimum atomic E-state index is -0.245. The molecule has 0 saturated carbocycles. The lowest BCUT2D eigenvalue weighted by Gasteiger charge is -2.33. The van der Waals surface area contributed by atoms with Gasteiger partial charge < -0.3 is 5.32 Å². The van der Waals surface area contributed by atoms with Gasteiger partial charge in [-0.25, -0.2) is 4.98 Å². The second-order valence-electron chi connectivity index (χ2n) is 6.42. The largest absolute Gasteiger partial charge is 0.347 e. The van der Waals surface area contributed by atoms with Crippen molar-refractivity contribution >= 4 is 21.8 Å². The maximum atomic E-state index is 12.2. The Hall–Kier alpha value is -0.900. The number of rotatable bonds is 3. The van der Waals surface area contributed by atoms with Crippen LogP contribution in [0.15, 0.2) is 22.9 Å². The van der Waals surface area contributed by atoms with Crippen LogP contribution in [0, 0.1) is 5.41 Å². The summed E-state index contributed by atoms with van der Waals surface area (Å²) in [5, 5.41) is 3.06.